The molecule has 3 heteroatoms. The summed E-state index contributed by atoms with van der Waals surface area (Å²) in [6.07, 6.45) is 4.54. The van der Waals surface area contributed by atoms with Crippen molar-refractivity contribution >= 4 is 11.3 Å². The Morgan fingerprint density at radius 3 is 2.42 bits per heavy atom. The van der Waals surface area contributed by atoms with E-state index >= 15 is 0 Å². The Hall–Kier alpha value is -0.380. The Labute approximate surface area is 121 Å². The van der Waals surface area contributed by atoms with E-state index in [-0.39, 0.29) is 11.6 Å². The zero-order chi connectivity index (χ0) is 14.1. The monoisotopic (exact) mass is 281 g/mol. The molecule has 1 aromatic heterocycles. The quantitative estimate of drug-likeness (QED) is 0.886. The van der Waals surface area contributed by atoms with E-state index in [4.69, 9.17) is 10.5 Å². The Morgan fingerprint density at radius 2 is 1.95 bits per heavy atom. The highest BCUT2D eigenvalue weighted by Gasteiger charge is 2.44. The number of ether oxygens (including phenoxy) is 1. The molecule has 0 aliphatic heterocycles. The van der Waals surface area contributed by atoms with Gasteiger partial charge in [0, 0.05) is 11.5 Å². The normalized spacial score (nSPS) is 23.2. The van der Waals surface area contributed by atoms with E-state index in [1.54, 1.807) is 11.3 Å². The van der Waals surface area contributed by atoms with Gasteiger partial charge in [-0.3, -0.25) is 0 Å². The minimum atomic E-state index is -0.155. The predicted molar refractivity (Wildman–Crippen MR) is 82.6 cm³/mol. The summed E-state index contributed by atoms with van der Waals surface area (Å²) in [5.41, 5.74) is 8.10. The molecule has 0 bridgehead atoms. The molecule has 0 spiro atoms. The molecule has 0 aromatic carbocycles. The van der Waals surface area contributed by atoms with Crippen LogP contribution in [0.15, 0.2) is 11.4 Å². The third kappa shape index (κ3) is 3.21. The molecule has 1 aromatic rings. The number of hydrogen-bond donors (Lipinski definition) is 1. The fourth-order valence-corrected chi connectivity index (χ4v) is 3.85. The number of aryl methyl sites for hydroxylation is 1. The van der Waals surface area contributed by atoms with Crippen LogP contribution in [0.1, 0.15) is 62.9 Å². The zero-order valence-electron chi connectivity index (χ0n) is 12.7. The van der Waals surface area contributed by atoms with Gasteiger partial charge in [-0.2, -0.15) is 0 Å². The zero-order valence-corrected chi connectivity index (χ0v) is 13.5. The van der Waals surface area contributed by atoms with Crippen LogP contribution in [0, 0.1) is 12.3 Å². The largest absolute Gasteiger partial charge is 0.373 e. The Kier molecular flexibility index (Phi) is 4.38. The van der Waals surface area contributed by atoms with Crippen molar-refractivity contribution in [1.29, 1.82) is 0 Å². The highest BCUT2D eigenvalue weighted by atomic mass is 32.1. The van der Waals surface area contributed by atoms with Crippen LogP contribution < -0.4 is 5.73 Å². The van der Waals surface area contributed by atoms with Gasteiger partial charge < -0.3 is 10.5 Å². The van der Waals surface area contributed by atoms with Crippen LogP contribution in [0.2, 0.25) is 0 Å². The summed E-state index contributed by atoms with van der Waals surface area (Å²) < 4.78 is 6.17. The van der Waals surface area contributed by atoms with Gasteiger partial charge in [0.25, 0.3) is 0 Å². The third-order valence-corrected chi connectivity index (χ3v) is 5.44. The average Bonchev–Trinajstić information content (AvgIpc) is 2.78. The highest BCUT2D eigenvalue weighted by molar-refractivity contribution is 7.10. The Balaban J connectivity index is 2.20. The molecule has 1 heterocycles. The van der Waals surface area contributed by atoms with Gasteiger partial charge in [-0.15, -0.1) is 11.3 Å². The van der Waals surface area contributed by atoms with Crippen LogP contribution in [-0.4, -0.2) is 12.2 Å². The van der Waals surface area contributed by atoms with E-state index in [1.165, 1.54) is 23.3 Å². The van der Waals surface area contributed by atoms with Crippen LogP contribution in [-0.2, 0) is 4.74 Å². The van der Waals surface area contributed by atoms with Crippen LogP contribution in [0.3, 0.4) is 0 Å². The second kappa shape index (κ2) is 5.55. The van der Waals surface area contributed by atoms with E-state index in [1.807, 2.05) is 0 Å². The Morgan fingerprint density at radius 1 is 1.32 bits per heavy atom. The van der Waals surface area contributed by atoms with Gasteiger partial charge in [-0.25, -0.2) is 0 Å². The molecule has 108 valence electrons. The first-order chi connectivity index (χ1) is 8.88. The lowest BCUT2D eigenvalue weighted by atomic mass is 9.67. The number of nitrogens with two attached hydrogens (primary N) is 1. The smallest absolute Gasteiger partial charge is 0.0874 e. The van der Waals surface area contributed by atoms with Gasteiger partial charge in [-0.1, -0.05) is 13.8 Å². The molecule has 1 fully saturated rings. The molecule has 1 saturated carbocycles. The summed E-state index contributed by atoms with van der Waals surface area (Å²) >= 11 is 1.78. The Bertz CT molecular complexity index is 414. The van der Waals surface area contributed by atoms with Crippen molar-refractivity contribution in [1.82, 2.24) is 0 Å². The maximum Gasteiger partial charge on any atom is 0.0874 e. The molecule has 2 N–H and O–H groups in total. The van der Waals surface area contributed by atoms with E-state index in [0.29, 0.717) is 5.41 Å². The van der Waals surface area contributed by atoms with Gasteiger partial charge in [0.05, 0.1) is 11.6 Å². The molecule has 2 rings (SSSR count). The standard InChI is InChI=1S/C16H27NOS/c1-5-18-16(8-6-15(3,4)7-9-16)14(17)13-10-12(2)19-11-13/h10-11,14H,5-9,17H2,1-4H3. The fraction of sp³-hybridized carbons (Fsp3) is 0.750. The molecule has 0 amide bonds. The molecular weight excluding hydrogens is 254 g/mol. The highest BCUT2D eigenvalue weighted by Crippen LogP contribution is 2.47. The van der Waals surface area contributed by atoms with Crippen LogP contribution in [0.4, 0.5) is 0 Å². The molecule has 0 radical (unpaired) electrons. The van der Waals surface area contributed by atoms with Crippen molar-refractivity contribution in [2.24, 2.45) is 11.1 Å². The molecule has 1 aliphatic carbocycles. The first-order valence-corrected chi connectivity index (χ1v) is 8.21. The summed E-state index contributed by atoms with van der Waals surface area (Å²) in [6.45, 7) is 9.66. The number of thiophene rings is 1. The van der Waals surface area contributed by atoms with Crippen molar-refractivity contribution in [2.75, 3.05) is 6.61 Å². The van der Waals surface area contributed by atoms with Crippen molar-refractivity contribution in [2.45, 2.75) is 65.0 Å². The van der Waals surface area contributed by atoms with E-state index in [9.17, 15) is 0 Å². The summed E-state index contributed by atoms with van der Waals surface area (Å²) in [4.78, 5) is 1.33. The second-order valence-electron chi connectivity index (χ2n) is 6.63. The van der Waals surface area contributed by atoms with Gasteiger partial charge in [0.2, 0.25) is 0 Å². The number of rotatable bonds is 4. The second-order valence-corrected chi connectivity index (χ2v) is 7.75. The lowest BCUT2D eigenvalue weighted by molar-refractivity contribution is -0.1000. The van der Waals surface area contributed by atoms with Crippen LogP contribution in [0.5, 0.6) is 0 Å². The third-order valence-electron chi connectivity index (χ3n) is 4.56. The molecule has 2 nitrogen and oxygen atoms in total. The van der Waals surface area contributed by atoms with E-state index in [0.717, 1.165) is 19.4 Å². The van der Waals surface area contributed by atoms with Crippen molar-refractivity contribution in [3.05, 3.63) is 21.9 Å². The summed E-state index contributed by atoms with van der Waals surface area (Å²) in [6, 6.07) is 2.23. The van der Waals surface area contributed by atoms with Crippen molar-refractivity contribution in [3.8, 4) is 0 Å². The molecule has 0 saturated heterocycles. The van der Waals surface area contributed by atoms with Gasteiger partial charge in [0.1, 0.15) is 0 Å². The van der Waals surface area contributed by atoms with Gasteiger partial charge >= 0.3 is 0 Å². The van der Waals surface area contributed by atoms with Crippen molar-refractivity contribution in [3.63, 3.8) is 0 Å². The van der Waals surface area contributed by atoms with E-state index in [2.05, 4.69) is 39.1 Å². The van der Waals surface area contributed by atoms with Crippen LogP contribution >= 0.6 is 11.3 Å². The first-order valence-electron chi connectivity index (χ1n) is 7.33. The topological polar surface area (TPSA) is 35.2 Å². The van der Waals surface area contributed by atoms with Gasteiger partial charge in [0.15, 0.2) is 0 Å². The molecule has 1 aliphatic rings. The summed E-state index contributed by atoms with van der Waals surface area (Å²) in [5.74, 6) is 0. The molecule has 1 unspecified atom stereocenters. The van der Waals surface area contributed by atoms with Gasteiger partial charge in [-0.05, 0) is 62.0 Å². The molecule has 1 atom stereocenters. The fourth-order valence-electron chi connectivity index (χ4n) is 3.11. The first kappa shape index (κ1) is 15.0. The molecular formula is C16H27NOS. The lowest BCUT2D eigenvalue weighted by Gasteiger charge is -2.46. The van der Waals surface area contributed by atoms with Crippen LogP contribution in [0.25, 0.3) is 0 Å². The number of hydrogen-bond acceptors (Lipinski definition) is 3. The SMILES string of the molecule is CCOC1(C(N)c2csc(C)c2)CCC(C)(C)CC1. The minimum absolute atomic E-state index is 0.00787. The predicted octanol–water partition coefficient (Wildman–Crippen LogP) is 4.43. The summed E-state index contributed by atoms with van der Waals surface area (Å²) in [5, 5.41) is 2.19. The average molecular weight is 281 g/mol. The summed E-state index contributed by atoms with van der Waals surface area (Å²) in [7, 11) is 0. The maximum absolute atomic E-state index is 6.57. The van der Waals surface area contributed by atoms with E-state index < -0.39 is 0 Å². The molecule has 19 heavy (non-hydrogen) atoms. The maximum atomic E-state index is 6.57. The lowest BCUT2D eigenvalue weighted by Crippen LogP contribution is -2.47. The minimum Gasteiger partial charge on any atom is -0.373 e. The van der Waals surface area contributed by atoms with Crippen molar-refractivity contribution < 1.29 is 4.74 Å².